The molecule has 4 rings (SSSR count). The number of ether oxygens (including phenoxy) is 1. The number of carbonyl (C=O) groups excluding carboxylic acids is 4. The number of hydrogen-bond acceptors (Lipinski definition) is 5. The Morgan fingerprint density at radius 1 is 1.26 bits per heavy atom. The lowest BCUT2D eigenvalue weighted by molar-refractivity contribution is -0.127. The summed E-state index contributed by atoms with van der Waals surface area (Å²) in [4.78, 5) is 54.8. The second kappa shape index (κ2) is 8.65. The molecule has 0 unspecified atom stereocenters. The van der Waals surface area contributed by atoms with Gasteiger partial charge in [0.15, 0.2) is 5.75 Å². The van der Waals surface area contributed by atoms with Crippen LogP contribution in [0, 0.1) is 19.7 Å². The molecule has 3 heterocycles. The zero-order valence-electron chi connectivity index (χ0n) is 19.1. The molecule has 0 aliphatic carbocycles. The van der Waals surface area contributed by atoms with Gasteiger partial charge >= 0.3 is 12.1 Å². The summed E-state index contributed by atoms with van der Waals surface area (Å²) in [6, 6.07) is 2.72. The Balaban J connectivity index is 1.50. The van der Waals surface area contributed by atoms with Crippen LogP contribution in [0.2, 0.25) is 0 Å². The van der Waals surface area contributed by atoms with Gasteiger partial charge in [0.1, 0.15) is 11.9 Å². The van der Waals surface area contributed by atoms with E-state index in [9.17, 15) is 23.6 Å². The van der Waals surface area contributed by atoms with Gasteiger partial charge in [0, 0.05) is 43.1 Å². The summed E-state index contributed by atoms with van der Waals surface area (Å²) in [6.07, 6.45) is 1.01. The number of fused-ring (bicyclic) bond motifs is 1. The summed E-state index contributed by atoms with van der Waals surface area (Å²) in [5, 5.41) is 5.19. The highest BCUT2D eigenvalue weighted by molar-refractivity contribution is 6.34. The number of hydrogen-bond donors (Lipinski definition) is 3. The van der Waals surface area contributed by atoms with Gasteiger partial charge < -0.3 is 25.3 Å². The summed E-state index contributed by atoms with van der Waals surface area (Å²) in [7, 11) is 3.08. The van der Waals surface area contributed by atoms with Crippen molar-refractivity contribution in [2.45, 2.75) is 26.3 Å². The molecule has 1 saturated heterocycles. The van der Waals surface area contributed by atoms with Gasteiger partial charge in [-0.15, -0.1) is 0 Å². The highest BCUT2D eigenvalue weighted by atomic mass is 19.1. The smallest absolute Gasteiger partial charge is 0.408 e. The van der Waals surface area contributed by atoms with E-state index >= 15 is 0 Å². The van der Waals surface area contributed by atoms with Crippen LogP contribution >= 0.6 is 0 Å². The predicted molar refractivity (Wildman–Crippen MR) is 122 cm³/mol. The van der Waals surface area contributed by atoms with Gasteiger partial charge in [-0.05, 0) is 44.5 Å². The lowest BCUT2D eigenvalue weighted by Crippen LogP contribution is -2.46. The number of H-pyrrole nitrogens is 1. The summed E-state index contributed by atoms with van der Waals surface area (Å²) < 4.78 is 19.2. The SMILES string of the molecule is Cc1[nH]c(/C=C2\C(=O)Nc3ccc(F)cc32)c(C)c1OC(=O)N[C@H]1CCN(C(=O)N(C)C)C1=O. The van der Waals surface area contributed by atoms with Crippen molar-refractivity contribution in [3.05, 3.63) is 46.5 Å². The van der Waals surface area contributed by atoms with Gasteiger partial charge in [0.05, 0.1) is 11.3 Å². The molecule has 34 heavy (non-hydrogen) atoms. The van der Waals surface area contributed by atoms with Crippen LogP contribution in [0.1, 0.15) is 28.9 Å². The molecule has 0 saturated carbocycles. The number of likely N-dealkylation sites (tertiary alicyclic amines) is 1. The minimum absolute atomic E-state index is 0.199. The normalized spacial score (nSPS) is 18.2. The molecule has 0 radical (unpaired) electrons. The topological polar surface area (TPSA) is 124 Å². The first kappa shape index (κ1) is 23.0. The number of rotatable bonds is 3. The molecule has 10 nitrogen and oxygen atoms in total. The van der Waals surface area contributed by atoms with Crippen molar-refractivity contribution < 1.29 is 28.3 Å². The Hall–Kier alpha value is -4.15. The Morgan fingerprint density at radius 3 is 2.71 bits per heavy atom. The molecule has 1 aromatic carbocycles. The second-order valence-electron chi connectivity index (χ2n) is 8.36. The average molecular weight is 469 g/mol. The number of nitrogens with one attached hydrogen (secondary N) is 3. The molecular weight excluding hydrogens is 445 g/mol. The van der Waals surface area contributed by atoms with Gasteiger partial charge in [0.2, 0.25) is 0 Å². The number of aryl methyl sites for hydroxylation is 1. The molecule has 0 bridgehead atoms. The number of nitrogens with zero attached hydrogens (tertiary/aromatic N) is 2. The molecule has 1 aromatic heterocycles. The highest BCUT2D eigenvalue weighted by Gasteiger charge is 2.37. The lowest BCUT2D eigenvalue weighted by atomic mass is 10.0. The average Bonchev–Trinajstić information content (AvgIpc) is 3.37. The van der Waals surface area contributed by atoms with E-state index in [1.807, 2.05) is 0 Å². The van der Waals surface area contributed by atoms with E-state index in [0.717, 1.165) is 4.90 Å². The number of benzene rings is 1. The highest BCUT2D eigenvalue weighted by Crippen LogP contribution is 2.35. The van der Waals surface area contributed by atoms with Crippen LogP contribution in [0.5, 0.6) is 5.75 Å². The fraction of sp³-hybridized carbons (Fsp3) is 0.304. The van der Waals surface area contributed by atoms with Crippen molar-refractivity contribution in [3.8, 4) is 5.75 Å². The third-order valence-corrected chi connectivity index (χ3v) is 5.77. The third-order valence-electron chi connectivity index (χ3n) is 5.77. The van der Waals surface area contributed by atoms with Crippen LogP contribution in [0.25, 0.3) is 11.6 Å². The predicted octanol–water partition coefficient (Wildman–Crippen LogP) is 2.63. The van der Waals surface area contributed by atoms with Crippen LogP contribution in [0.4, 0.5) is 19.7 Å². The van der Waals surface area contributed by atoms with Gasteiger partial charge in [-0.1, -0.05) is 0 Å². The molecule has 1 fully saturated rings. The van der Waals surface area contributed by atoms with E-state index in [2.05, 4.69) is 15.6 Å². The first-order valence-corrected chi connectivity index (χ1v) is 10.6. The molecule has 2 aliphatic heterocycles. The maximum Gasteiger partial charge on any atom is 0.413 e. The summed E-state index contributed by atoms with van der Waals surface area (Å²) >= 11 is 0. The Morgan fingerprint density at radius 2 is 2.00 bits per heavy atom. The number of imide groups is 1. The Bertz CT molecular complexity index is 1250. The Labute approximate surface area is 194 Å². The van der Waals surface area contributed by atoms with Crippen LogP contribution < -0.4 is 15.4 Å². The third kappa shape index (κ3) is 4.12. The minimum atomic E-state index is -0.869. The Kier molecular flexibility index (Phi) is 5.86. The van der Waals surface area contributed by atoms with Gasteiger partial charge in [-0.2, -0.15) is 0 Å². The largest absolute Gasteiger partial charge is 0.413 e. The van der Waals surface area contributed by atoms with Crippen LogP contribution in [0.3, 0.4) is 0 Å². The van der Waals surface area contributed by atoms with Crippen molar-refractivity contribution in [3.63, 3.8) is 0 Å². The molecule has 3 N–H and O–H groups in total. The first-order chi connectivity index (χ1) is 16.1. The second-order valence-corrected chi connectivity index (χ2v) is 8.36. The summed E-state index contributed by atoms with van der Waals surface area (Å²) in [5.74, 6) is -1.09. The minimum Gasteiger partial charge on any atom is -0.408 e. The summed E-state index contributed by atoms with van der Waals surface area (Å²) in [5.41, 5.74) is 2.82. The summed E-state index contributed by atoms with van der Waals surface area (Å²) in [6.45, 7) is 3.60. The fourth-order valence-corrected chi connectivity index (χ4v) is 4.01. The number of amides is 5. The van der Waals surface area contributed by atoms with E-state index in [-0.39, 0.29) is 30.2 Å². The fourth-order valence-electron chi connectivity index (χ4n) is 4.01. The van der Waals surface area contributed by atoms with Crippen LogP contribution in [0.15, 0.2) is 18.2 Å². The van der Waals surface area contributed by atoms with Crippen LogP contribution in [-0.2, 0) is 9.59 Å². The van der Waals surface area contributed by atoms with E-state index in [1.54, 1.807) is 34.0 Å². The van der Waals surface area contributed by atoms with Gasteiger partial charge in [-0.3, -0.25) is 14.5 Å². The van der Waals surface area contributed by atoms with Gasteiger partial charge in [0.25, 0.3) is 11.8 Å². The quantitative estimate of drug-likeness (QED) is 0.597. The molecule has 5 amide bonds. The number of urea groups is 1. The van der Waals surface area contributed by atoms with Crippen molar-refractivity contribution >= 4 is 41.3 Å². The van der Waals surface area contributed by atoms with Crippen molar-refractivity contribution in [2.24, 2.45) is 0 Å². The number of aromatic nitrogens is 1. The molecule has 0 spiro atoms. The number of anilines is 1. The zero-order chi connectivity index (χ0) is 24.7. The van der Waals surface area contributed by atoms with Crippen LogP contribution in [-0.4, -0.2) is 65.4 Å². The van der Waals surface area contributed by atoms with Crippen molar-refractivity contribution in [1.82, 2.24) is 20.1 Å². The lowest BCUT2D eigenvalue weighted by Gasteiger charge is -2.19. The monoisotopic (exact) mass is 469 g/mol. The van der Waals surface area contributed by atoms with Gasteiger partial charge in [-0.25, -0.2) is 14.0 Å². The zero-order valence-corrected chi connectivity index (χ0v) is 19.1. The van der Waals surface area contributed by atoms with E-state index < -0.39 is 29.9 Å². The molecule has 2 aromatic rings. The maximum absolute atomic E-state index is 13.7. The van der Waals surface area contributed by atoms with E-state index in [1.165, 1.54) is 23.1 Å². The van der Waals surface area contributed by atoms with E-state index in [0.29, 0.717) is 28.2 Å². The van der Waals surface area contributed by atoms with Crippen molar-refractivity contribution in [1.29, 1.82) is 0 Å². The molecule has 178 valence electrons. The molecule has 2 aliphatic rings. The number of aromatic amines is 1. The molecular formula is C23H24FN5O5. The molecule has 11 heteroatoms. The van der Waals surface area contributed by atoms with Crippen molar-refractivity contribution in [2.75, 3.05) is 26.0 Å². The number of halogens is 1. The molecule has 1 atom stereocenters. The standard InChI is InChI=1S/C23H24FN5O5/c1-11-18(10-15-14-9-13(24)5-6-16(14)26-20(15)30)25-12(2)19(11)34-22(32)27-17-7-8-29(21(17)31)23(33)28(3)4/h5-6,9-10,17,25H,7-8H2,1-4H3,(H,26,30)(H,27,32)/b15-10-/t17-/m0/s1. The maximum atomic E-state index is 13.7. The van der Waals surface area contributed by atoms with E-state index in [4.69, 9.17) is 4.74 Å². The first-order valence-electron chi connectivity index (χ1n) is 10.6. The number of carbonyl (C=O) groups is 4.